The van der Waals surface area contributed by atoms with Gasteiger partial charge >= 0.3 is 0 Å². The summed E-state index contributed by atoms with van der Waals surface area (Å²) in [4.78, 5) is 17.9. The highest BCUT2D eigenvalue weighted by Crippen LogP contribution is 2.21. The molecule has 5 rings (SSSR count). The summed E-state index contributed by atoms with van der Waals surface area (Å²) in [7, 11) is 0. The smallest absolute Gasteiger partial charge is 0.224 e. The number of hydrogen-bond donors (Lipinski definition) is 1. The largest absolute Gasteiger partial charge is 0.352 e. The van der Waals surface area contributed by atoms with Crippen LogP contribution in [-0.2, 0) is 37.4 Å². The van der Waals surface area contributed by atoms with Crippen molar-refractivity contribution in [1.29, 1.82) is 0 Å². The van der Waals surface area contributed by atoms with Crippen molar-refractivity contribution in [2.75, 3.05) is 19.6 Å². The predicted octanol–water partition coefficient (Wildman–Crippen LogP) is 5.08. The van der Waals surface area contributed by atoms with Crippen molar-refractivity contribution < 1.29 is 4.79 Å². The molecule has 1 saturated heterocycles. The van der Waals surface area contributed by atoms with Gasteiger partial charge in [-0.1, -0.05) is 78.4 Å². The fourth-order valence-corrected chi connectivity index (χ4v) is 5.53. The third-order valence-corrected chi connectivity index (χ3v) is 7.47. The van der Waals surface area contributed by atoms with Crippen molar-refractivity contribution >= 4 is 5.91 Å². The molecule has 35 heavy (non-hydrogen) atoms. The number of likely N-dealkylation sites (tertiary alicyclic amines) is 1. The first kappa shape index (κ1) is 23.8. The quantitative estimate of drug-likeness (QED) is 0.526. The van der Waals surface area contributed by atoms with Gasteiger partial charge in [-0.3, -0.25) is 14.6 Å². The Morgan fingerprint density at radius 2 is 1.63 bits per heavy atom. The van der Waals surface area contributed by atoms with Gasteiger partial charge in [-0.2, -0.15) is 0 Å². The highest BCUT2D eigenvalue weighted by Gasteiger charge is 2.25. The molecule has 3 aromatic rings. The Kier molecular flexibility index (Phi) is 7.60. The lowest BCUT2D eigenvalue weighted by atomic mass is 9.96. The lowest BCUT2D eigenvalue weighted by Crippen LogP contribution is -2.42. The normalized spacial score (nSPS) is 18.7. The SMILES string of the molecule is Cc1cccc(CN2CCCC(C(=O)NCc3ccc(CN4CCc5ccccc5C4)cc3)C2)c1. The minimum Gasteiger partial charge on any atom is -0.352 e. The number of carbonyl (C=O) groups excluding carboxylic acids is 1. The van der Waals surface area contributed by atoms with Crippen LogP contribution in [0.2, 0.25) is 0 Å². The zero-order valence-corrected chi connectivity index (χ0v) is 20.9. The van der Waals surface area contributed by atoms with Gasteiger partial charge in [-0.05, 0) is 60.5 Å². The van der Waals surface area contributed by atoms with E-state index in [2.05, 4.69) is 94.8 Å². The molecule has 0 bridgehead atoms. The number of fused-ring (bicyclic) bond motifs is 1. The first-order chi connectivity index (χ1) is 17.1. The van der Waals surface area contributed by atoms with E-state index in [-0.39, 0.29) is 11.8 Å². The van der Waals surface area contributed by atoms with Crippen LogP contribution in [0.3, 0.4) is 0 Å². The summed E-state index contributed by atoms with van der Waals surface area (Å²) in [5, 5.41) is 3.20. The van der Waals surface area contributed by atoms with E-state index in [0.29, 0.717) is 6.54 Å². The third kappa shape index (κ3) is 6.39. The van der Waals surface area contributed by atoms with Crippen LogP contribution in [0, 0.1) is 12.8 Å². The van der Waals surface area contributed by atoms with Crippen LogP contribution >= 0.6 is 0 Å². The molecule has 0 radical (unpaired) electrons. The molecule has 4 heteroatoms. The average Bonchev–Trinajstić information content (AvgIpc) is 2.88. The summed E-state index contributed by atoms with van der Waals surface area (Å²) >= 11 is 0. The zero-order valence-electron chi connectivity index (χ0n) is 20.9. The summed E-state index contributed by atoms with van der Waals surface area (Å²) in [5.74, 6) is 0.268. The monoisotopic (exact) mass is 467 g/mol. The van der Waals surface area contributed by atoms with Gasteiger partial charge in [0.15, 0.2) is 0 Å². The summed E-state index contributed by atoms with van der Waals surface area (Å²) in [6.45, 7) is 8.68. The number of aryl methyl sites for hydroxylation is 1. The standard InChI is InChI=1S/C31H37N3O/c1-24-6-4-7-27(18-24)21-33-16-5-10-30(23-33)31(35)32-19-25-11-13-26(14-12-25)20-34-17-15-28-8-2-3-9-29(28)22-34/h2-4,6-9,11-14,18,30H,5,10,15-17,19-23H2,1H3,(H,32,35). The molecule has 2 aliphatic rings. The van der Waals surface area contributed by atoms with Crippen LogP contribution in [0.1, 0.15) is 46.2 Å². The summed E-state index contributed by atoms with van der Waals surface area (Å²) < 4.78 is 0. The van der Waals surface area contributed by atoms with E-state index in [1.807, 2.05) is 0 Å². The molecule has 0 spiro atoms. The fourth-order valence-electron chi connectivity index (χ4n) is 5.53. The van der Waals surface area contributed by atoms with Crippen molar-refractivity contribution in [3.63, 3.8) is 0 Å². The lowest BCUT2D eigenvalue weighted by molar-refractivity contribution is -0.126. The summed E-state index contributed by atoms with van der Waals surface area (Å²) in [6, 6.07) is 26.2. The lowest BCUT2D eigenvalue weighted by Gasteiger charge is -2.32. The van der Waals surface area contributed by atoms with Crippen LogP contribution in [-0.4, -0.2) is 35.3 Å². The Morgan fingerprint density at radius 3 is 2.46 bits per heavy atom. The number of piperidine rings is 1. The number of nitrogens with zero attached hydrogens (tertiary/aromatic N) is 2. The molecule has 2 heterocycles. The molecular formula is C31H37N3O. The van der Waals surface area contributed by atoms with Gasteiger partial charge in [0.1, 0.15) is 0 Å². The summed E-state index contributed by atoms with van der Waals surface area (Å²) in [6.07, 6.45) is 3.19. The Morgan fingerprint density at radius 1 is 0.857 bits per heavy atom. The predicted molar refractivity (Wildman–Crippen MR) is 142 cm³/mol. The van der Waals surface area contributed by atoms with Crippen LogP contribution in [0.5, 0.6) is 0 Å². The maximum atomic E-state index is 12.9. The van der Waals surface area contributed by atoms with E-state index in [4.69, 9.17) is 0 Å². The minimum atomic E-state index is 0.0785. The Balaban J connectivity index is 1.08. The fraction of sp³-hybridized carbons (Fsp3) is 0.387. The molecule has 2 aliphatic heterocycles. The molecule has 182 valence electrons. The molecule has 1 fully saturated rings. The van der Waals surface area contributed by atoms with Gasteiger partial charge in [-0.25, -0.2) is 0 Å². The number of benzene rings is 3. The molecule has 0 saturated carbocycles. The molecule has 0 aromatic heterocycles. The number of carbonyl (C=O) groups is 1. The summed E-state index contributed by atoms with van der Waals surface area (Å²) in [5.41, 5.74) is 8.07. The first-order valence-corrected chi connectivity index (χ1v) is 13.0. The zero-order chi connectivity index (χ0) is 24.0. The topological polar surface area (TPSA) is 35.6 Å². The van der Waals surface area contributed by atoms with Crippen LogP contribution in [0.4, 0.5) is 0 Å². The van der Waals surface area contributed by atoms with Crippen molar-refractivity contribution in [2.45, 2.75) is 52.4 Å². The average molecular weight is 468 g/mol. The number of hydrogen-bond acceptors (Lipinski definition) is 3. The Labute approximate surface area is 210 Å². The van der Waals surface area contributed by atoms with Gasteiger partial charge in [0.25, 0.3) is 0 Å². The van der Waals surface area contributed by atoms with E-state index in [1.165, 1.54) is 33.4 Å². The molecule has 4 nitrogen and oxygen atoms in total. The van der Waals surface area contributed by atoms with E-state index in [0.717, 1.165) is 58.5 Å². The molecule has 1 atom stereocenters. The Bertz CT molecular complexity index is 1140. The van der Waals surface area contributed by atoms with E-state index in [1.54, 1.807) is 0 Å². The van der Waals surface area contributed by atoms with E-state index >= 15 is 0 Å². The molecule has 1 N–H and O–H groups in total. The molecular weight excluding hydrogens is 430 g/mol. The van der Waals surface area contributed by atoms with Crippen LogP contribution < -0.4 is 5.32 Å². The van der Waals surface area contributed by atoms with Gasteiger partial charge < -0.3 is 5.32 Å². The Hall–Kier alpha value is -2.95. The maximum Gasteiger partial charge on any atom is 0.224 e. The second-order valence-electron chi connectivity index (χ2n) is 10.3. The number of amides is 1. The first-order valence-electron chi connectivity index (χ1n) is 13.0. The molecule has 3 aromatic carbocycles. The highest BCUT2D eigenvalue weighted by molar-refractivity contribution is 5.79. The van der Waals surface area contributed by atoms with E-state index < -0.39 is 0 Å². The van der Waals surface area contributed by atoms with Crippen molar-refractivity contribution in [3.05, 3.63) is 106 Å². The van der Waals surface area contributed by atoms with Crippen molar-refractivity contribution in [1.82, 2.24) is 15.1 Å². The van der Waals surface area contributed by atoms with Crippen LogP contribution in [0.15, 0.2) is 72.8 Å². The second-order valence-corrected chi connectivity index (χ2v) is 10.3. The number of rotatable bonds is 7. The van der Waals surface area contributed by atoms with E-state index in [9.17, 15) is 4.79 Å². The van der Waals surface area contributed by atoms with Crippen molar-refractivity contribution in [2.24, 2.45) is 5.92 Å². The van der Waals surface area contributed by atoms with Gasteiger partial charge in [0.2, 0.25) is 5.91 Å². The van der Waals surface area contributed by atoms with Gasteiger partial charge in [0, 0.05) is 39.3 Å². The third-order valence-electron chi connectivity index (χ3n) is 7.47. The van der Waals surface area contributed by atoms with Crippen LogP contribution in [0.25, 0.3) is 0 Å². The number of nitrogens with one attached hydrogen (secondary N) is 1. The van der Waals surface area contributed by atoms with Gasteiger partial charge in [-0.15, -0.1) is 0 Å². The molecule has 1 unspecified atom stereocenters. The molecule has 1 amide bonds. The maximum absolute atomic E-state index is 12.9. The second kappa shape index (κ2) is 11.2. The minimum absolute atomic E-state index is 0.0785. The molecule has 0 aliphatic carbocycles. The van der Waals surface area contributed by atoms with Gasteiger partial charge in [0.05, 0.1) is 5.92 Å². The highest BCUT2D eigenvalue weighted by atomic mass is 16.1. The van der Waals surface area contributed by atoms with Crippen molar-refractivity contribution in [3.8, 4) is 0 Å².